The van der Waals surface area contributed by atoms with Gasteiger partial charge in [-0.05, 0) is 31.5 Å². The summed E-state index contributed by atoms with van der Waals surface area (Å²) in [5.74, 6) is 0.859. The van der Waals surface area contributed by atoms with E-state index in [1.54, 1.807) is 6.20 Å². The van der Waals surface area contributed by atoms with Gasteiger partial charge in [-0.25, -0.2) is 0 Å². The van der Waals surface area contributed by atoms with Gasteiger partial charge in [-0.15, -0.1) is 5.10 Å². The van der Waals surface area contributed by atoms with E-state index in [1.807, 2.05) is 38.1 Å². The van der Waals surface area contributed by atoms with Crippen LogP contribution in [-0.4, -0.2) is 10.8 Å². The Morgan fingerprint density at radius 3 is 2.77 bits per heavy atom. The fourth-order valence-electron chi connectivity index (χ4n) is 1.99. The van der Waals surface area contributed by atoms with Crippen LogP contribution >= 0.6 is 0 Å². The molecule has 0 saturated heterocycles. The van der Waals surface area contributed by atoms with Crippen molar-refractivity contribution in [3.63, 3.8) is 0 Å². The van der Waals surface area contributed by atoms with Gasteiger partial charge in [0.25, 0.3) is 0 Å². The SMILES string of the molecule is CC(C)(C(N)=NN=N)c1cccc(Nc2cc(=O)cc[nH]2)c1. The molecule has 0 aliphatic heterocycles. The van der Waals surface area contributed by atoms with Crippen molar-refractivity contribution in [2.24, 2.45) is 16.1 Å². The standard InChI is InChI=1S/C15H18N6O/c1-15(2,14(16)20-21-17)10-4-3-5-11(8-10)19-13-9-12(22)6-7-18-13/h3-9H,1-2H3,(H3,16,17,20)(H2,18,19,22). The third kappa shape index (κ3) is 3.38. The van der Waals surface area contributed by atoms with Gasteiger partial charge in [0.1, 0.15) is 11.7 Å². The summed E-state index contributed by atoms with van der Waals surface area (Å²) in [4.78, 5) is 14.3. The largest absolute Gasteiger partial charge is 0.385 e. The first-order valence-corrected chi connectivity index (χ1v) is 6.70. The third-order valence-corrected chi connectivity index (χ3v) is 3.43. The minimum Gasteiger partial charge on any atom is -0.385 e. The molecule has 114 valence electrons. The summed E-state index contributed by atoms with van der Waals surface area (Å²) in [6, 6.07) is 10.5. The second kappa shape index (κ2) is 6.21. The number of pyridine rings is 1. The smallest absolute Gasteiger partial charge is 0.183 e. The van der Waals surface area contributed by atoms with Crippen molar-refractivity contribution in [3.05, 3.63) is 58.4 Å². The van der Waals surface area contributed by atoms with Gasteiger partial charge in [-0.2, -0.15) is 5.53 Å². The molecule has 1 aromatic carbocycles. The maximum atomic E-state index is 11.3. The van der Waals surface area contributed by atoms with E-state index in [9.17, 15) is 4.79 Å². The second-order valence-corrected chi connectivity index (χ2v) is 5.35. The highest BCUT2D eigenvalue weighted by atomic mass is 16.1. The quantitative estimate of drug-likeness (QED) is 0.294. The van der Waals surface area contributed by atoms with Gasteiger partial charge >= 0.3 is 0 Å². The van der Waals surface area contributed by atoms with Gasteiger partial charge < -0.3 is 16.0 Å². The molecule has 5 N–H and O–H groups in total. The molecule has 0 bridgehead atoms. The van der Waals surface area contributed by atoms with Crippen molar-refractivity contribution < 1.29 is 0 Å². The summed E-state index contributed by atoms with van der Waals surface area (Å²) in [7, 11) is 0. The van der Waals surface area contributed by atoms with E-state index >= 15 is 0 Å². The average molecular weight is 298 g/mol. The zero-order valence-electron chi connectivity index (χ0n) is 12.4. The second-order valence-electron chi connectivity index (χ2n) is 5.35. The fourth-order valence-corrected chi connectivity index (χ4v) is 1.99. The highest BCUT2D eigenvalue weighted by Gasteiger charge is 2.26. The minimum absolute atomic E-state index is 0.0776. The predicted octanol–water partition coefficient (Wildman–Crippen LogP) is 2.70. The van der Waals surface area contributed by atoms with Crippen LogP contribution in [-0.2, 0) is 5.41 Å². The first kappa shape index (κ1) is 15.4. The molecule has 2 aromatic rings. The Morgan fingerprint density at radius 2 is 2.09 bits per heavy atom. The molecule has 0 amide bonds. The lowest BCUT2D eigenvalue weighted by Gasteiger charge is -2.24. The molecule has 0 aliphatic rings. The molecule has 0 aliphatic carbocycles. The van der Waals surface area contributed by atoms with E-state index in [4.69, 9.17) is 11.3 Å². The molecular weight excluding hydrogens is 280 g/mol. The summed E-state index contributed by atoms with van der Waals surface area (Å²) in [5, 5.41) is 9.73. The lowest BCUT2D eigenvalue weighted by Crippen LogP contribution is -2.35. The van der Waals surface area contributed by atoms with E-state index < -0.39 is 5.41 Å². The normalized spacial score (nSPS) is 12.0. The van der Waals surface area contributed by atoms with Crippen molar-refractivity contribution in [1.82, 2.24) is 4.98 Å². The number of rotatable bonds is 5. The van der Waals surface area contributed by atoms with Gasteiger partial charge in [0.05, 0.1) is 0 Å². The topological polar surface area (TPSA) is 119 Å². The number of aromatic amines is 1. The fraction of sp³-hybridized carbons (Fsp3) is 0.200. The number of nitrogens with zero attached hydrogens (tertiary/aromatic N) is 2. The van der Waals surface area contributed by atoms with Crippen molar-refractivity contribution >= 4 is 17.3 Å². The summed E-state index contributed by atoms with van der Waals surface area (Å²) in [6.45, 7) is 3.81. The van der Waals surface area contributed by atoms with Gasteiger partial charge in [0.2, 0.25) is 0 Å². The summed E-state index contributed by atoms with van der Waals surface area (Å²) in [5.41, 5.74) is 13.8. The van der Waals surface area contributed by atoms with Crippen LogP contribution in [0, 0.1) is 5.53 Å². The molecule has 22 heavy (non-hydrogen) atoms. The van der Waals surface area contributed by atoms with Crippen LogP contribution in [0.2, 0.25) is 0 Å². The summed E-state index contributed by atoms with van der Waals surface area (Å²) in [6.07, 6.45) is 1.58. The highest BCUT2D eigenvalue weighted by Crippen LogP contribution is 2.26. The molecule has 0 saturated carbocycles. The van der Waals surface area contributed by atoms with Crippen LogP contribution in [0.25, 0.3) is 0 Å². The molecule has 1 aromatic heterocycles. The Kier molecular flexibility index (Phi) is 4.36. The van der Waals surface area contributed by atoms with E-state index in [-0.39, 0.29) is 11.3 Å². The van der Waals surface area contributed by atoms with Crippen LogP contribution in [0.15, 0.2) is 57.7 Å². The van der Waals surface area contributed by atoms with Crippen LogP contribution in [0.1, 0.15) is 19.4 Å². The zero-order chi connectivity index (χ0) is 16.2. The van der Waals surface area contributed by atoms with Crippen LogP contribution in [0.4, 0.5) is 11.5 Å². The molecule has 0 radical (unpaired) electrons. The van der Waals surface area contributed by atoms with Crippen molar-refractivity contribution in [2.45, 2.75) is 19.3 Å². The molecule has 7 nitrogen and oxygen atoms in total. The molecular formula is C15H18N6O. The maximum Gasteiger partial charge on any atom is 0.183 e. The molecule has 1 heterocycles. The Balaban J connectivity index is 2.32. The Labute approximate surface area is 127 Å². The Morgan fingerprint density at radius 1 is 1.32 bits per heavy atom. The van der Waals surface area contributed by atoms with Gasteiger partial charge in [0.15, 0.2) is 5.43 Å². The Hall–Kier alpha value is -2.96. The van der Waals surface area contributed by atoms with Crippen molar-refractivity contribution in [2.75, 3.05) is 5.32 Å². The molecule has 7 heteroatoms. The van der Waals surface area contributed by atoms with Crippen molar-refractivity contribution in [3.8, 4) is 0 Å². The molecule has 0 fully saturated rings. The van der Waals surface area contributed by atoms with E-state index in [1.165, 1.54) is 12.1 Å². The molecule has 0 spiro atoms. The number of benzene rings is 1. The average Bonchev–Trinajstić information content (AvgIpc) is 2.48. The summed E-state index contributed by atoms with van der Waals surface area (Å²) >= 11 is 0. The predicted molar refractivity (Wildman–Crippen MR) is 86.6 cm³/mol. The minimum atomic E-state index is -0.563. The third-order valence-electron chi connectivity index (χ3n) is 3.43. The van der Waals surface area contributed by atoms with E-state index in [0.29, 0.717) is 5.82 Å². The molecule has 0 unspecified atom stereocenters. The van der Waals surface area contributed by atoms with Crippen LogP contribution < -0.4 is 16.5 Å². The summed E-state index contributed by atoms with van der Waals surface area (Å²) < 4.78 is 0. The van der Waals surface area contributed by atoms with Gasteiger partial charge in [-0.1, -0.05) is 17.4 Å². The lowest BCUT2D eigenvalue weighted by molar-refractivity contribution is 0.702. The first-order chi connectivity index (χ1) is 10.4. The number of aromatic nitrogens is 1. The zero-order valence-corrected chi connectivity index (χ0v) is 12.4. The number of nitrogens with two attached hydrogens (primary N) is 1. The Bertz CT molecular complexity index is 762. The highest BCUT2D eigenvalue weighted by molar-refractivity contribution is 5.91. The lowest BCUT2D eigenvalue weighted by atomic mass is 9.83. The van der Waals surface area contributed by atoms with E-state index in [0.717, 1.165) is 11.3 Å². The van der Waals surface area contributed by atoms with Gasteiger partial charge in [0, 0.05) is 29.4 Å². The van der Waals surface area contributed by atoms with Gasteiger partial charge in [-0.3, -0.25) is 4.79 Å². The van der Waals surface area contributed by atoms with Crippen molar-refractivity contribution in [1.29, 1.82) is 5.53 Å². The number of amidine groups is 1. The maximum absolute atomic E-state index is 11.3. The monoisotopic (exact) mass is 298 g/mol. The number of hydrogen-bond donors (Lipinski definition) is 4. The molecule has 0 atom stereocenters. The molecule has 2 rings (SSSR count). The number of anilines is 2. The first-order valence-electron chi connectivity index (χ1n) is 6.70. The number of H-pyrrole nitrogens is 1. The number of nitrogens with one attached hydrogen (secondary N) is 3. The van der Waals surface area contributed by atoms with E-state index in [2.05, 4.69) is 20.6 Å². The van der Waals surface area contributed by atoms with Crippen LogP contribution in [0.3, 0.4) is 0 Å². The van der Waals surface area contributed by atoms with Crippen LogP contribution in [0.5, 0.6) is 0 Å². The number of hydrogen-bond acceptors (Lipinski definition) is 4.